The van der Waals surface area contributed by atoms with E-state index < -0.39 is 0 Å². The Bertz CT molecular complexity index is 851. The van der Waals surface area contributed by atoms with Gasteiger partial charge in [0.05, 0.1) is 0 Å². The van der Waals surface area contributed by atoms with Crippen molar-refractivity contribution in [3.05, 3.63) is 84.2 Å². The van der Waals surface area contributed by atoms with Gasteiger partial charge in [0.15, 0.2) is 0 Å². The van der Waals surface area contributed by atoms with Crippen LogP contribution in [-0.4, -0.2) is 28.9 Å². The number of hydrogen-bond donors (Lipinski definition) is 0. The predicted octanol–water partition coefficient (Wildman–Crippen LogP) is 4.41. The number of fused-ring (bicyclic) bond motifs is 1. The van der Waals surface area contributed by atoms with Gasteiger partial charge in [0.2, 0.25) is 0 Å². The van der Waals surface area contributed by atoms with Crippen LogP contribution in [0, 0.1) is 0 Å². The van der Waals surface area contributed by atoms with Crippen LogP contribution in [0.15, 0.2) is 73.1 Å². The van der Waals surface area contributed by atoms with Gasteiger partial charge < -0.3 is 4.90 Å². The molecule has 0 radical (unpaired) electrons. The maximum Gasteiger partial charge on any atom is 0.254 e. The second-order valence-corrected chi connectivity index (χ2v) is 5.56. The van der Waals surface area contributed by atoms with Crippen molar-refractivity contribution in [2.75, 3.05) is 13.1 Å². The van der Waals surface area contributed by atoms with Crippen LogP contribution in [0.2, 0.25) is 0 Å². The molecule has 0 spiro atoms. The number of benzene rings is 2. The number of nitrogens with zero attached hydrogens (tertiary/aromatic N) is 2. The molecule has 120 valence electrons. The maximum atomic E-state index is 12.9. The first-order valence-electron chi connectivity index (χ1n) is 8.13. The summed E-state index contributed by atoms with van der Waals surface area (Å²) < 4.78 is 0. The van der Waals surface area contributed by atoms with Crippen molar-refractivity contribution in [3.8, 4) is 0 Å². The highest BCUT2D eigenvalue weighted by Gasteiger charge is 2.15. The summed E-state index contributed by atoms with van der Waals surface area (Å²) in [6.45, 7) is 3.26. The van der Waals surface area contributed by atoms with Gasteiger partial charge in [-0.1, -0.05) is 54.6 Å². The van der Waals surface area contributed by atoms with Crippen molar-refractivity contribution in [1.82, 2.24) is 9.88 Å². The van der Waals surface area contributed by atoms with Gasteiger partial charge in [-0.15, -0.1) is 0 Å². The van der Waals surface area contributed by atoms with Gasteiger partial charge in [-0.05, 0) is 30.0 Å². The molecule has 1 amide bonds. The predicted molar refractivity (Wildman–Crippen MR) is 98.8 cm³/mol. The Balaban J connectivity index is 1.80. The number of hydrogen-bond acceptors (Lipinski definition) is 2. The molecular weight excluding hydrogens is 296 g/mol. The maximum absolute atomic E-state index is 12.9. The number of carbonyl (C=O) groups excluding carboxylic acids is 1. The van der Waals surface area contributed by atoms with Gasteiger partial charge in [-0.3, -0.25) is 9.78 Å². The highest BCUT2D eigenvalue weighted by molar-refractivity contribution is 6.06. The average Bonchev–Trinajstić information content (AvgIpc) is 2.65. The number of carbonyl (C=O) groups is 1. The normalized spacial score (nSPS) is 11.0. The summed E-state index contributed by atoms with van der Waals surface area (Å²) in [6.07, 6.45) is 7.59. The molecule has 0 N–H and O–H groups in total. The summed E-state index contributed by atoms with van der Waals surface area (Å²) in [7, 11) is 0. The van der Waals surface area contributed by atoms with Gasteiger partial charge in [0.25, 0.3) is 5.91 Å². The molecule has 3 rings (SSSR count). The quantitative estimate of drug-likeness (QED) is 0.698. The van der Waals surface area contributed by atoms with Crippen molar-refractivity contribution in [1.29, 1.82) is 0 Å². The Labute approximate surface area is 142 Å². The van der Waals surface area contributed by atoms with Crippen LogP contribution < -0.4 is 0 Å². The summed E-state index contributed by atoms with van der Waals surface area (Å²) in [5.41, 5.74) is 1.86. The summed E-state index contributed by atoms with van der Waals surface area (Å²) in [6, 6.07) is 17.8. The number of aromatic nitrogens is 1. The SMILES string of the molecule is CCN(C/C=C/c1ccccc1)C(=O)c1cccc2cnccc12. The first kappa shape index (κ1) is 15.9. The van der Waals surface area contributed by atoms with E-state index >= 15 is 0 Å². The van der Waals surface area contributed by atoms with Crippen molar-refractivity contribution >= 4 is 22.8 Å². The highest BCUT2D eigenvalue weighted by atomic mass is 16.2. The Morgan fingerprint density at radius 1 is 1.08 bits per heavy atom. The van der Waals surface area contributed by atoms with E-state index in [0.717, 1.165) is 21.9 Å². The van der Waals surface area contributed by atoms with Crippen molar-refractivity contribution in [3.63, 3.8) is 0 Å². The van der Waals surface area contributed by atoms with Crippen LogP contribution in [0.4, 0.5) is 0 Å². The molecule has 0 aliphatic carbocycles. The molecule has 0 aliphatic heterocycles. The number of likely N-dealkylation sites (N-methyl/N-ethyl adjacent to an activating group) is 1. The topological polar surface area (TPSA) is 33.2 Å². The van der Waals surface area contributed by atoms with Gasteiger partial charge in [0, 0.05) is 36.4 Å². The van der Waals surface area contributed by atoms with Crippen LogP contribution in [0.1, 0.15) is 22.8 Å². The summed E-state index contributed by atoms with van der Waals surface area (Å²) >= 11 is 0. The van der Waals surface area contributed by atoms with Gasteiger partial charge in [-0.25, -0.2) is 0 Å². The number of amides is 1. The molecule has 24 heavy (non-hydrogen) atoms. The lowest BCUT2D eigenvalue weighted by Crippen LogP contribution is -2.31. The molecule has 3 nitrogen and oxygen atoms in total. The minimum Gasteiger partial charge on any atom is -0.335 e. The first-order valence-corrected chi connectivity index (χ1v) is 8.13. The zero-order chi connectivity index (χ0) is 16.8. The number of rotatable bonds is 5. The second kappa shape index (κ2) is 7.55. The Hall–Kier alpha value is -2.94. The van der Waals surface area contributed by atoms with E-state index in [0.29, 0.717) is 13.1 Å². The Morgan fingerprint density at radius 2 is 1.92 bits per heavy atom. The molecule has 0 saturated carbocycles. The lowest BCUT2D eigenvalue weighted by molar-refractivity contribution is 0.0784. The van der Waals surface area contributed by atoms with E-state index in [1.807, 2.05) is 78.6 Å². The van der Waals surface area contributed by atoms with Crippen molar-refractivity contribution in [2.24, 2.45) is 0 Å². The summed E-state index contributed by atoms with van der Waals surface area (Å²) in [4.78, 5) is 18.9. The monoisotopic (exact) mass is 316 g/mol. The molecular formula is C21H20N2O. The Morgan fingerprint density at radius 3 is 2.71 bits per heavy atom. The van der Waals surface area contributed by atoms with E-state index in [1.54, 1.807) is 12.4 Å². The molecule has 1 heterocycles. The molecule has 0 fully saturated rings. The Kier molecular flexibility index (Phi) is 5.02. The lowest BCUT2D eigenvalue weighted by atomic mass is 10.1. The minimum absolute atomic E-state index is 0.0482. The fourth-order valence-electron chi connectivity index (χ4n) is 2.72. The molecule has 1 aromatic heterocycles. The molecule has 3 aromatic rings. The van der Waals surface area contributed by atoms with E-state index in [-0.39, 0.29) is 5.91 Å². The van der Waals surface area contributed by atoms with E-state index in [1.165, 1.54) is 0 Å². The van der Waals surface area contributed by atoms with Gasteiger partial charge in [0.1, 0.15) is 0 Å². The third-order valence-corrected chi connectivity index (χ3v) is 4.02. The summed E-state index contributed by atoms with van der Waals surface area (Å²) in [5, 5.41) is 1.93. The van der Waals surface area contributed by atoms with Gasteiger partial charge in [-0.2, -0.15) is 0 Å². The van der Waals surface area contributed by atoms with Crippen LogP contribution >= 0.6 is 0 Å². The van der Waals surface area contributed by atoms with E-state index in [9.17, 15) is 4.79 Å². The van der Waals surface area contributed by atoms with Crippen LogP contribution in [-0.2, 0) is 0 Å². The van der Waals surface area contributed by atoms with E-state index in [4.69, 9.17) is 0 Å². The number of pyridine rings is 1. The van der Waals surface area contributed by atoms with Crippen LogP contribution in [0.25, 0.3) is 16.8 Å². The van der Waals surface area contributed by atoms with Crippen LogP contribution in [0.5, 0.6) is 0 Å². The zero-order valence-electron chi connectivity index (χ0n) is 13.7. The molecule has 0 saturated heterocycles. The third kappa shape index (κ3) is 3.51. The average molecular weight is 316 g/mol. The molecule has 3 heteroatoms. The highest BCUT2D eigenvalue weighted by Crippen LogP contribution is 2.19. The summed E-state index contributed by atoms with van der Waals surface area (Å²) in [5.74, 6) is 0.0482. The van der Waals surface area contributed by atoms with Crippen LogP contribution in [0.3, 0.4) is 0 Å². The largest absolute Gasteiger partial charge is 0.335 e. The first-order chi connectivity index (χ1) is 11.8. The second-order valence-electron chi connectivity index (χ2n) is 5.56. The molecule has 0 unspecified atom stereocenters. The third-order valence-electron chi connectivity index (χ3n) is 4.02. The van der Waals surface area contributed by atoms with Gasteiger partial charge >= 0.3 is 0 Å². The molecule has 0 bridgehead atoms. The standard InChI is InChI=1S/C21H20N2O/c1-2-23(15-7-10-17-8-4-3-5-9-17)21(24)20-12-6-11-18-16-22-14-13-19(18)20/h3-14,16H,2,15H2,1H3/b10-7+. The smallest absolute Gasteiger partial charge is 0.254 e. The van der Waals surface area contributed by atoms with Crippen molar-refractivity contribution in [2.45, 2.75) is 6.92 Å². The molecule has 2 aromatic carbocycles. The fourth-order valence-corrected chi connectivity index (χ4v) is 2.72. The molecule has 0 aliphatic rings. The fraction of sp³-hybridized carbons (Fsp3) is 0.143. The van der Waals surface area contributed by atoms with E-state index in [2.05, 4.69) is 4.98 Å². The minimum atomic E-state index is 0.0482. The molecule has 0 atom stereocenters. The zero-order valence-corrected chi connectivity index (χ0v) is 13.7. The van der Waals surface area contributed by atoms with Crippen molar-refractivity contribution < 1.29 is 4.79 Å². The lowest BCUT2D eigenvalue weighted by Gasteiger charge is -2.20.